The number of hydrogen-bond acceptors (Lipinski definition) is 2. The summed E-state index contributed by atoms with van der Waals surface area (Å²) in [6, 6.07) is 6.30. The number of alkyl halides is 1. The van der Waals surface area contributed by atoms with E-state index >= 15 is 0 Å². The highest BCUT2D eigenvalue weighted by Crippen LogP contribution is 2.31. The monoisotopic (exact) mass is 298 g/mol. The number of aryl methyl sites for hydroxylation is 1. The molecule has 1 aromatic rings. The largest absolute Gasteiger partial charge is 0.486 e. The van der Waals surface area contributed by atoms with Crippen LogP contribution >= 0.6 is 15.9 Å². The number of halogens is 1. The molecule has 0 saturated carbocycles. The summed E-state index contributed by atoms with van der Waals surface area (Å²) in [5, 5.41) is 1.12. The summed E-state index contributed by atoms with van der Waals surface area (Å²) in [7, 11) is 0. The lowest BCUT2D eigenvalue weighted by Crippen LogP contribution is -2.15. The molecule has 0 amide bonds. The predicted octanol–water partition coefficient (Wildman–Crippen LogP) is 3.96. The van der Waals surface area contributed by atoms with Crippen molar-refractivity contribution in [3.05, 3.63) is 23.8 Å². The first-order valence-electron chi connectivity index (χ1n) is 6.34. The maximum Gasteiger partial charge on any atom is 0.161 e. The molecule has 1 aliphatic rings. The van der Waals surface area contributed by atoms with Crippen LogP contribution in [0.5, 0.6) is 11.5 Å². The molecule has 1 heterocycles. The van der Waals surface area contributed by atoms with Crippen molar-refractivity contribution in [1.82, 2.24) is 0 Å². The zero-order valence-electron chi connectivity index (χ0n) is 10.1. The van der Waals surface area contributed by atoms with Crippen LogP contribution in [0.4, 0.5) is 0 Å². The Kier molecular flexibility index (Phi) is 5.17. The summed E-state index contributed by atoms with van der Waals surface area (Å²) < 4.78 is 11.1. The zero-order valence-corrected chi connectivity index (χ0v) is 11.7. The van der Waals surface area contributed by atoms with Gasteiger partial charge in [-0.2, -0.15) is 0 Å². The Balaban J connectivity index is 1.81. The number of fused-ring (bicyclic) bond motifs is 1. The van der Waals surface area contributed by atoms with Gasteiger partial charge < -0.3 is 9.47 Å². The maximum absolute atomic E-state index is 5.58. The van der Waals surface area contributed by atoms with E-state index in [-0.39, 0.29) is 0 Å². The number of unbranched alkanes of at least 4 members (excludes halogenated alkanes) is 3. The number of ether oxygens (including phenoxy) is 2. The average molecular weight is 299 g/mol. The van der Waals surface area contributed by atoms with Crippen LogP contribution in [-0.2, 0) is 6.42 Å². The lowest BCUT2D eigenvalue weighted by molar-refractivity contribution is 0.171. The molecule has 3 heteroatoms. The molecular formula is C14H19BrO2. The molecule has 0 spiro atoms. The van der Waals surface area contributed by atoms with Gasteiger partial charge in [0.25, 0.3) is 0 Å². The normalized spacial score (nSPS) is 13.7. The van der Waals surface area contributed by atoms with Crippen LogP contribution in [0.25, 0.3) is 0 Å². The van der Waals surface area contributed by atoms with Crippen molar-refractivity contribution in [1.29, 1.82) is 0 Å². The summed E-state index contributed by atoms with van der Waals surface area (Å²) in [4.78, 5) is 0. The summed E-state index contributed by atoms with van der Waals surface area (Å²) in [5.74, 6) is 1.80. The fourth-order valence-electron chi connectivity index (χ4n) is 2.02. The van der Waals surface area contributed by atoms with E-state index in [1.807, 2.05) is 6.07 Å². The Hall–Kier alpha value is -0.700. The summed E-state index contributed by atoms with van der Waals surface area (Å²) in [5.41, 5.74) is 1.35. The van der Waals surface area contributed by atoms with Crippen molar-refractivity contribution in [2.24, 2.45) is 0 Å². The van der Waals surface area contributed by atoms with Gasteiger partial charge in [0.05, 0.1) is 0 Å². The first-order valence-corrected chi connectivity index (χ1v) is 7.47. The lowest BCUT2D eigenvalue weighted by atomic mass is 10.1. The van der Waals surface area contributed by atoms with Crippen molar-refractivity contribution in [2.45, 2.75) is 32.1 Å². The fraction of sp³-hybridized carbons (Fsp3) is 0.571. The number of rotatable bonds is 6. The molecule has 2 rings (SSSR count). The van der Waals surface area contributed by atoms with Gasteiger partial charge in [0.2, 0.25) is 0 Å². The molecule has 0 N–H and O–H groups in total. The minimum Gasteiger partial charge on any atom is -0.486 e. The third-order valence-electron chi connectivity index (χ3n) is 2.96. The first kappa shape index (κ1) is 12.7. The Morgan fingerprint density at radius 3 is 2.53 bits per heavy atom. The second-order valence-electron chi connectivity index (χ2n) is 4.33. The predicted molar refractivity (Wildman–Crippen MR) is 73.4 cm³/mol. The van der Waals surface area contributed by atoms with Crippen LogP contribution in [-0.4, -0.2) is 18.5 Å². The number of hydrogen-bond donors (Lipinski definition) is 0. The molecule has 0 saturated heterocycles. The molecular weight excluding hydrogens is 280 g/mol. The van der Waals surface area contributed by atoms with Crippen LogP contribution in [0.2, 0.25) is 0 Å². The molecule has 0 aliphatic carbocycles. The van der Waals surface area contributed by atoms with Crippen molar-refractivity contribution in [3.8, 4) is 11.5 Å². The Morgan fingerprint density at radius 1 is 0.941 bits per heavy atom. The molecule has 0 bridgehead atoms. The van der Waals surface area contributed by atoms with E-state index in [0.717, 1.165) is 23.2 Å². The zero-order chi connectivity index (χ0) is 11.9. The molecule has 0 radical (unpaired) electrons. The Labute approximate surface area is 111 Å². The van der Waals surface area contributed by atoms with Crippen molar-refractivity contribution >= 4 is 15.9 Å². The van der Waals surface area contributed by atoms with Gasteiger partial charge in [-0.1, -0.05) is 34.8 Å². The highest BCUT2D eigenvalue weighted by atomic mass is 79.9. The standard InChI is InChI=1S/C14H19BrO2/c15-8-4-2-1-3-5-12-6-7-13-14(11-12)17-10-9-16-13/h6-7,11H,1-5,8-10H2. The quantitative estimate of drug-likeness (QED) is 0.585. The second-order valence-corrected chi connectivity index (χ2v) is 5.12. The van der Waals surface area contributed by atoms with E-state index in [9.17, 15) is 0 Å². The summed E-state index contributed by atoms with van der Waals surface area (Å²) in [6.45, 7) is 1.33. The van der Waals surface area contributed by atoms with Gasteiger partial charge in [-0.15, -0.1) is 0 Å². The van der Waals surface area contributed by atoms with Gasteiger partial charge in [0.1, 0.15) is 13.2 Å². The minimum absolute atomic E-state index is 0.666. The molecule has 1 aromatic carbocycles. The average Bonchev–Trinajstić information content (AvgIpc) is 2.38. The SMILES string of the molecule is BrCCCCCCc1ccc2c(c1)OCCO2. The molecule has 0 aromatic heterocycles. The lowest BCUT2D eigenvalue weighted by Gasteiger charge is -2.18. The van der Waals surface area contributed by atoms with E-state index < -0.39 is 0 Å². The molecule has 94 valence electrons. The van der Waals surface area contributed by atoms with Crippen LogP contribution in [0, 0.1) is 0 Å². The van der Waals surface area contributed by atoms with Gasteiger partial charge >= 0.3 is 0 Å². The van der Waals surface area contributed by atoms with E-state index in [0.29, 0.717) is 13.2 Å². The summed E-state index contributed by atoms with van der Waals surface area (Å²) >= 11 is 3.46. The summed E-state index contributed by atoms with van der Waals surface area (Å²) in [6.07, 6.45) is 6.29. The van der Waals surface area contributed by atoms with Crippen LogP contribution in [0.3, 0.4) is 0 Å². The molecule has 0 atom stereocenters. The van der Waals surface area contributed by atoms with Crippen molar-refractivity contribution in [3.63, 3.8) is 0 Å². The molecule has 0 unspecified atom stereocenters. The van der Waals surface area contributed by atoms with Crippen LogP contribution < -0.4 is 9.47 Å². The van der Waals surface area contributed by atoms with Crippen molar-refractivity contribution in [2.75, 3.05) is 18.5 Å². The van der Waals surface area contributed by atoms with Gasteiger partial charge in [0, 0.05) is 5.33 Å². The van der Waals surface area contributed by atoms with Gasteiger partial charge in [-0.25, -0.2) is 0 Å². The van der Waals surface area contributed by atoms with E-state index in [2.05, 4.69) is 28.1 Å². The smallest absolute Gasteiger partial charge is 0.161 e. The van der Waals surface area contributed by atoms with Gasteiger partial charge in [0.15, 0.2) is 11.5 Å². The van der Waals surface area contributed by atoms with E-state index in [1.54, 1.807) is 0 Å². The van der Waals surface area contributed by atoms with Crippen LogP contribution in [0.15, 0.2) is 18.2 Å². The molecule has 2 nitrogen and oxygen atoms in total. The van der Waals surface area contributed by atoms with Crippen molar-refractivity contribution < 1.29 is 9.47 Å². The third kappa shape index (κ3) is 3.91. The first-order chi connectivity index (χ1) is 8.40. The van der Waals surface area contributed by atoms with Gasteiger partial charge in [-0.05, 0) is 37.0 Å². The molecule has 17 heavy (non-hydrogen) atoms. The fourth-order valence-corrected chi connectivity index (χ4v) is 2.42. The van der Waals surface area contributed by atoms with Gasteiger partial charge in [-0.3, -0.25) is 0 Å². The van der Waals surface area contributed by atoms with Crippen LogP contribution in [0.1, 0.15) is 31.2 Å². The Bertz CT molecular complexity index is 352. The highest BCUT2D eigenvalue weighted by Gasteiger charge is 2.11. The number of benzene rings is 1. The topological polar surface area (TPSA) is 18.5 Å². The third-order valence-corrected chi connectivity index (χ3v) is 3.52. The molecule has 1 aliphatic heterocycles. The maximum atomic E-state index is 5.58. The van der Waals surface area contributed by atoms with E-state index in [1.165, 1.54) is 31.2 Å². The molecule has 0 fully saturated rings. The van der Waals surface area contributed by atoms with E-state index in [4.69, 9.17) is 9.47 Å². The highest BCUT2D eigenvalue weighted by molar-refractivity contribution is 9.09. The minimum atomic E-state index is 0.666. The Morgan fingerprint density at radius 2 is 1.71 bits per heavy atom. The second kappa shape index (κ2) is 6.90.